The van der Waals surface area contributed by atoms with Gasteiger partial charge in [0.15, 0.2) is 5.82 Å². The van der Waals surface area contributed by atoms with Gasteiger partial charge in [-0.15, -0.1) is 0 Å². The second kappa shape index (κ2) is 8.05. The van der Waals surface area contributed by atoms with Gasteiger partial charge in [0.2, 0.25) is 21.8 Å². The Balaban J connectivity index is 1.74. The third-order valence-electron chi connectivity index (χ3n) is 4.34. The fourth-order valence-electron chi connectivity index (χ4n) is 2.95. The van der Waals surface area contributed by atoms with E-state index in [2.05, 4.69) is 14.9 Å². The predicted octanol–water partition coefficient (Wildman–Crippen LogP) is 1.25. The van der Waals surface area contributed by atoms with Gasteiger partial charge >= 0.3 is 0 Å². The monoisotopic (exact) mass is 394 g/mol. The molecule has 1 atom stereocenters. The Labute approximate surface area is 157 Å². The summed E-state index contributed by atoms with van der Waals surface area (Å²) in [5, 5.41) is 3.72. The van der Waals surface area contributed by atoms with Crippen molar-refractivity contribution in [2.24, 2.45) is 0 Å². The number of carbonyl (C=O) groups is 1. The SMILES string of the molecule is COc1ccc(S(=O)(=O)NC2CCCCN(Cc3nc(C)no3)C2=O)cc1. The van der Waals surface area contributed by atoms with Gasteiger partial charge in [0, 0.05) is 6.54 Å². The Kier molecular flexibility index (Phi) is 5.76. The number of rotatable bonds is 6. The predicted molar refractivity (Wildman–Crippen MR) is 95.4 cm³/mol. The van der Waals surface area contributed by atoms with Crippen molar-refractivity contribution in [2.45, 2.75) is 43.7 Å². The lowest BCUT2D eigenvalue weighted by Gasteiger charge is -2.23. The molecule has 0 bridgehead atoms. The highest BCUT2D eigenvalue weighted by Crippen LogP contribution is 2.19. The van der Waals surface area contributed by atoms with Crippen molar-refractivity contribution in [1.29, 1.82) is 0 Å². The summed E-state index contributed by atoms with van der Waals surface area (Å²) >= 11 is 0. The molecule has 1 aromatic carbocycles. The number of benzene rings is 1. The molecule has 2 heterocycles. The van der Waals surface area contributed by atoms with E-state index >= 15 is 0 Å². The van der Waals surface area contributed by atoms with E-state index in [1.54, 1.807) is 24.0 Å². The minimum Gasteiger partial charge on any atom is -0.497 e. The van der Waals surface area contributed by atoms with E-state index in [4.69, 9.17) is 9.26 Å². The maximum atomic E-state index is 12.9. The molecule has 1 fully saturated rings. The number of aromatic nitrogens is 2. The topological polar surface area (TPSA) is 115 Å². The van der Waals surface area contributed by atoms with Gasteiger partial charge in [0.05, 0.1) is 12.0 Å². The molecule has 1 aromatic heterocycles. The number of methoxy groups -OCH3 is 1. The molecular weight excluding hydrogens is 372 g/mol. The number of hydrogen-bond donors (Lipinski definition) is 1. The van der Waals surface area contributed by atoms with Crippen LogP contribution in [0.5, 0.6) is 5.75 Å². The molecule has 0 aliphatic carbocycles. The highest BCUT2D eigenvalue weighted by atomic mass is 32.2. The van der Waals surface area contributed by atoms with Crippen molar-refractivity contribution in [2.75, 3.05) is 13.7 Å². The number of amides is 1. The molecule has 27 heavy (non-hydrogen) atoms. The lowest BCUT2D eigenvalue weighted by atomic mass is 10.1. The molecule has 1 N–H and O–H groups in total. The molecule has 1 saturated heterocycles. The van der Waals surface area contributed by atoms with Crippen LogP contribution in [0.3, 0.4) is 0 Å². The molecular formula is C17H22N4O5S. The van der Waals surface area contributed by atoms with Crippen molar-refractivity contribution in [3.63, 3.8) is 0 Å². The molecule has 0 saturated carbocycles. The Bertz CT molecular complexity index is 894. The first kappa shape index (κ1) is 19.3. The van der Waals surface area contributed by atoms with E-state index in [1.807, 2.05) is 0 Å². The molecule has 1 amide bonds. The van der Waals surface area contributed by atoms with Crippen LogP contribution in [0.4, 0.5) is 0 Å². The summed E-state index contributed by atoms with van der Waals surface area (Å²) in [6.07, 6.45) is 1.95. The summed E-state index contributed by atoms with van der Waals surface area (Å²) in [6.45, 7) is 2.38. The van der Waals surface area contributed by atoms with Crippen LogP contribution < -0.4 is 9.46 Å². The van der Waals surface area contributed by atoms with Crippen LogP contribution in [0, 0.1) is 6.92 Å². The number of aryl methyl sites for hydroxylation is 1. The number of hydrogen-bond acceptors (Lipinski definition) is 7. The first-order valence-corrected chi connectivity index (χ1v) is 10.1. The molecule has 2 aromatic rings. The second-order valence-electron chi connectivity index (χ2n) is 6.34. The van der Waals surface area contributed by atoms with E-state index in [-0.39, 0.29) is 17.3 Å². The van der Waals surface area contributed by atoms with Gasteiger partial charge in [-0.2, -0.15) is 9.71 Å². The van der Waals surface area contributed by atoms with Gasteiger partial charge in [-0.3, -0.25) is 4.79 Å². The zero-order valence-electron chi connectivity index (χ0n) is 15.2. The number of nitrogens with one attached hydrogen (secondary N) is 1. The molecule has 9 nitrogen and oxygen atoms in total. The number of sulfonamides is 1. The van der Waals surface area contributed by atoms with Gasteiger partial charge < -0.3 is 14.2 Å². The summed E-state index contributed by atoms with van der Waals surface area (Å²) in [5.41, 5.74) is 0. The minimum atomic E-state index is -3.83. The van der Waals surface area contributed by atoms with Gasteiger partial charge in [0.1, 0.15) is 18.3 Å². The van der Waals surface area contributed by atoms with Crippen LogP contribution in [0.25, 0.3) is 0 Å². The Hall–Kier alpha value is -2.46. The third-order valence-corrected chi connectivity index (χ3v) is 5.83. The fourth-order valence-corrected chi connectivity index (χ4v) is 4.17. The van der Waals surface area contributed by atoms with Crippen molar-refractivity contribution in [1.82, 2.24) is 19.8 Å². The highest BCUT2D eigenvalue weighted by Gasteiger charge is 2.31. The molecule has 3 rings (SSSR count). The summed E-state index contributed by atoms with van der Waals surface area (Å²) in [7, 11) is -2.33. The van der Waals surface area contributed by atoms with Crippen molar-refractivity contribution < 1.29 is 22.5 Å². The zero-order valence-corrected chi connectivity index (χ0v) is 16.0. The average Bonchev–Trinajstić information content (AvgIpc) is 2.99. The van der Waals surface area contributed by atoms with E-state index in [9.17, 15) is 13.2 Å². The molecule has 1 unspecified atom stereocenters. The van der Waals surface area contributed by atoms with E-state index < -0.39 is 16.1 Å². The van der Waals surface area contributed by atoms with Crippen LogP contribution in [0.1, 0.15) is 31.0 Å². The summed E-state index contributed by atoms with van der Waals surface area (Å²) in [5.74, 6) is 1.09. The quantitative estimate of drug-likeness (QED) is 0.784. The third kappa shape index (κ3) is 4.64. The molecule has 10 heteroatoms. The smallest absolute Gasteiger partial charge is 0.246 e. The first-order chi connectivity index (χ1) is 12.9. The summed E-state index contributed by atoms with van der Waals surface area (Å²) in [6, 6.07) is 5.19. The minimum absolute atomic E-state index is 0.0828. The molecule has 1 aliphatic rings. The van der Waals surface area contributed by atoms with E-state index in [1.165, 1.54) is 19.2 Å². The number of carbonyl (C=O) groups excluding carboxylic acids is 1. The maximum absolute atomic E-state index is 12.9. The van der Waals surface area contributed by atoms with E-state index in [0.29, 0.717) is 30.4 Å². The number of ether oxygens (including phenoxy) is 1. The van der Waals surface area contributed by atoms with Crippen LogP contribution in [0.2, 0.25) is 0 Å². The Morgan fingerprint density at radius 2 is 2.04 bits per heavy atom. The maximum Gasteiger partial charge on any atom is 0.246 e. The number of likely N-dealkylation sites (tertiary alicyclic amines) is 1. The van der Waals surface area contributed by atoms with E-state index in [0.717, 1.165) is 12.8 Å². The number of nitrogens with zero attached hydrogens (tertiary/aromatic N) is 3. The van der Waals surface area contributed by atoms with Crippen molar-refractivity contribution in [3.8, 4) is 5.75 Å². The van der Waals surface area contributed by atoms with Crippen molar-refractivity contribution in [3.05, 3.63) is 36.0 Å². The Morgan fingerprint density at radius 1 is 1.30 bits per heavy atom. The molecule has 0 radical (unpaired) electrons. The van der Waals surface area contributed by atoms with Gasteiger partial charge in [-0.05, 0) is 50.5 Å². The highest BCUT2D eigenvalue weighted by molar-refractivity contribution is 7.89. The van der Waals surface area contributed by atoms with Gasteiger partial charge in [-0.1, -0.05) is 5.16 Å². The van der Waals surface area contributed by atoms with Crippen LogP contribution >= 0.6 is 0 Å². The molecule has 146 valence electrons. The largest absolute Gasteiger partial charge is 0.497 e. The van der Waals surface area contributed by atoms with Crippen LogP contribution in [-0.4, -0.2) is 49.1 Å². The second-order valence-corrected chi connectivity index (χ2v) is 8.05. The zero-order chi connectivity index (χ0) is 19.4. The summed E-state index contributed by atoms with van der Waals surface area (Å²) < 4.78 is 38.0. The van der Waals surface area contributed by atoms with Crippen molar-refractivity contribution >= 4 is 15.9 Å². The molecule has 1 aliphatic heterocycles. The first-order valence-electron chi connectivity index (χ1n) is 8.63. The fraction of sp³-hybridized carbons (Fsp3) is 0.471. The Morgan fingerprint density at radius 3 is 2.67 bits per heavy atom. The lowest BCUT2D eigenvalue weighted by molar-refractivity contribution is -0.133. The van der Waals surface area contributed by atoms with Gasteiger partial charge in [0.25, 0.3) is 0 Å². The normalized spacial score (nSPS) is 18.4. The summed E-state index contributed by atoms with van der Waals surface area (Å²) in [4.78, 5) is 18.6. The lowest BCUT2D eigenvalue weighted by Crippen LogP contribution is -2.47. The van der Waals surface area contributed by atoms with Gasteiger partial charge in [-0.25, -0.2) is 8.42 Å². The van der Waals surface area contributed by atoms with Crippen LogP contribution in [-0.2, 0) is 21.4 Å². The molecule has 0 spiro atoms. The van der Waals surface area contributed by atoms with Crippen LogP contribution in [0.15, 0.2) is 33.7 Å². The average molecular weight is 394 g/mol. The standard InChI is InChI=1S/C17H22N4O5S/c1-12-18-16(26-19-12)11-21-10-4-3-5-15(17(21)22)20-27(23,24)14-8-6-13(25-2)7-9-14/h6-9,15,20H,3-5,10-11H2,1-2H3.